The van der Waals surface area contributed by atoms with Gasteiger partial charge < -0.3 is 8.92 Å². The smallest absolute Gasteiger partial charge is 0.383 e. The van der Waals surface area contributed by atoms with Gasteiger partial charge >= 0.3 is 28.0 Å². The van der Waals surface area contributed by atoms with Crippen LogP contribution in [0, 0.1) is 0 Å². The molecule has 0 saturated heterocycles. The van der Waals surface area contributed by atoms with Crippen molar-refractivity contribution in [3.63, 3.8) is 0 Å². The summed E-state index contributed by atoms with van der Waals surface area (Å²) in [6.07, 6.45) is 0. The molecule has 11 heteroatoms. The summed E-state index contributed by atoms with van der Waals surface area (Å²) in [7, 11) is -11.7. The molecule has 0 aromatic carbocycles. The highest BCUT2D eigenvalue weighted by Gasteiger charge is 2.49. The molecule has 0 aliphatic carbocycles. The van der Waals surface area contributed by atoms with Crippen LogP contribution in [0.15, 0.2) is 0 Å². The van der Waals surface area contributed by atoms with E-state index < -0.39 is 36.6 Å². The van der Waals surface area contributed by atoms with Gasteiger partial charge in [-0.05, 0) is 0 Å². The molecule has 0 bridgehead atoms. The average Bonchev–Trinajstić information content (AvgIpc) is 1.82. The van der Waals surface area contributed by atoms with Crippen molar-refractivity contribution >= 4 is 25.0 Å². The van der Waals surface area contributed by atoms with Crippen molar-refractivity contribution in [1.82, 2.24) is 0 Å². The number of rotatable bonds is 2. The van der Waals surface area contributed by atoms with Crippen molar-refractivity contribution in [3.8, 4) is 0 Å². The molecule has 0 rings (SSSR count). The second kappa shape index (κ2) is 3.91. The van der Waals surface area contributed by atoms with Crippen molar-refractivity contribution in [2.45, 2.75) is 11.6 Å². The average molecular weight is 256 g/mol. The van der Waals surface area contributed by atoms with Crippen LogP contribution >= 0.6 is 0 Å². The van der Waals surface area contributed by atoms with E-state index in [2.05, 4.69) is 0 Å². The molecule has 0 atom stereocenters. The van der Waals surface area contributed by atoms with Crippen molar-refractivity contribution in [2.75, 3.05) is 0 Å². The lowest BCUT2D eigenvalue weighted by molar-refractivity contribution is -0.0535. The lowest BCUT2D eigenvalue weighted by Crippen LogP contribution is -2.43. The molecule has 0 aromatic rings. The third-order valence-corrected chi connectivity index (χ3v) is 13.0. The van der Waals surface area contributed by atoms with Crippen molar-refractivity contribution < 1.29 is 35.3 Å². The summed E-state index contributed by atoms with van der Waals surface area (Å²) in [5, 5.41) is 0. The topological polar surface area (TPSA) is 34.1 Å². The van der Waals surface area contributed by atoms with Gasteiger partial charge in [0.15, 0.2) is 8.55 Å². The zero-order valence-corrected chi connectivity index (χ0v) is 9.21. The summed E-state index contributed by atoms with van der Waals surface area (Å²) >= 11 is 0. The minimum absolute atomic E-state index is 3.11. The fourth-order valence-corrected chi connectivity index (χ4v) is 9.35. The molecule has 0 aromatic heterocycles. The predicted molar refractivity (Wildman–Crippen MR) is 33.5 cm³/mol. The van der Waals surface area contributed by atoms with Crippen LogP contribution < -0.4 is 0 Å². The zero-order valence-electron chi connectivity index (χ0n) is 5.79. The van der Waals surface area contributed by atoms with Crippen LogP contribution in [0.4, 0.5) is 26.3 Å². The first-order chi connectivity index (χ1) is 5.55. The Labute approximate surface area is 72.7 Å². The Kier molecular flexibility index (Phi) is 3.86. The number of halogens is 6. The molecule has 0 N–H and O–H groups in total. The first kappa shape index (κ1) is 12.8. The van der Waals surface area contributed by atoms with E-state index in [1.807, 2.05) is 0 Å². The minimum Gasteiger partial charge on any atom is -0.383 e. The maximum atomic E-state index is 11.5. The fraction of sp³-hybridized carbons (Fsp3) is 1.00. The first-order valence-electron chi connectivity index (χ1n) is 2.75. The van der Waals surface area contributed by atoms with Crippen LogP contribution in [0.1, 0.15) is 0 Å². The largest absolute Gasteiger partial charge is 0.415 e. The SMILES string of the molecule is O=[Si]([SiH2][Si](=O)C(F)(F)F)C(F)(F)F. The summed E-state index contributed by atoms with van der Waals surface area (Å²) in [6.45, 7) is 0. The predicted octanol–water partition coefficient (Wildman–Crippen LogP) is 0.196. The first-order valence-corrected chi connectivity index (χ1v) is 10.2. The molecule has 13 heavy (non-hydrogen) atoms. The van der Waals surface area contributed by atoms with Gasteiger partial charge in [-0.25, -0.2) is 0 Å². The van der Waals surface area contributed by atoms with Crippen molar-refractivity contribution in [1.29, 1.82) is 0 Å². The summed E-state index contributed by atoms with van der Waals surface area (Å²) in [5.41, 5.74) is 0. The molecule has 76 valence electrons. The van der Waals surface area contributed by atoms with E-state index in [-0.39, 0.29) is 0 Å². The molecule has 0 radical (unpaired) electrons. The molecule has 0 aliphatic heterocycles. The van der Waals surface area contributed by atoms with Crippen molar-refractivity contribution in [3.05, 3.63) is 0 Å². The highest BCUT2D eigenvalue weighted by molar-refractivity contribution is 7.34. The van der Waals surface area contributed by atoms with Crippen LogP contribution in [0.3, 0.4) is 0 Å². The standard InChI is InChI=1S/C2H2F6O2Si3/c3-1(4,5)12(9)11-13(10)2(6,7)8/h11H2. The van der Waals surface area contributed by atoms with Gasteiger partial charge in [-0.15, -0.1) is 0 Å². The highest BCUT2D eigenvalue weighted by Crippen LogP contribution is 2.17. The van der Waals surface area contributed by atoms with E-state index in [9.17, 15) is 35.3 Å². The summed E-state index contributed by atoms with van der Waals surface area (Å²) in [5.74, 6) is -10.2. The quantitative estimate of drug-likeness (QED) is 0.522. The van der Waals surface area contributed by atoms with Crippen LogP contribution in [0.25, 0.3) is 0 Å². The third kappa shape index (κ3) is 4.56. The van der Waals surface area contributed by atoms with E-state index in [0.29, 0.717) is 0 Å². The molecule has 0 spiro atoms. The summed E-state index contributed by atoms with van der Waals surface area (Å²) < 4.78 is 89.2. The lowest BCUT2D eigenvalue weighted by atomic mass is 11.5. The third-order valence-electron chi connectivity index (χ3n) is 0.953. The lowest BCUT2D eigenvalue weighted by Gasteiger charge is -2.03. The van der Waals surface area contributed by atoms with Gasteiger partial charge in [-0.2, -0.15) is 26.3 Å². The summed E-state index contributed by atoms with van der Waals surface area (Å²) in [6, 6.07) is 0. The van der Waals surface area contributed by atoms with Crippen LogP contribution in [0.5, 0.6) is 0 Å². The Morgan fingerprint density at radius 2 is 1.00 bits per heavy atom. The maximum absolute atomic E-state index is 11.5. The fourth-order valence-electron chi connectivity index (χ4n) is 0.346. The van der Waals surface area contributed by atoms with E-state index in [4.69, 9.17) is 0 Å². The number of hydrogen-bond donors (Lipinski definition) is 0. The Hall–Kier alpha value is -0.169. The minimum atomic E-state index is -5.11. The molecule has 0 unspecified atom stereocenters. The van der Waals surface area contributed by atoms with Gasteiger partial charge in [0.25, 0.3) is 0 Å². The van der Waals surface area contributed by atoms with E-state index in [0.717, 1.165) is 0 Å². The molecule has 2 nitrogen and oxygen atoms in total. The molecule has 0 fully saturated rings. The van der Waals surface area contributed by atoms with Gasteiger partial charge in [0.1, 0.15) is 0 Å². The Morgan fingerprint density at radius 3 is 1.15 bits per heavy atom. The van der Waals surface area contributed by atoms with E-state index in [1.54, 1.807) is 0 Å². The molecule has 0 amide bonds. The molecule has 0 saturated carbocycles. The zero-order chi connectivity index (χ0) is 10.9. The number of hydrogen-bond acceptors (Lipinski definition) is 2. The Bertz CT molecular complexity index is 205. The van der Waals surface area contributed by atoms with E-state index >= 15 is 0 Å². The maximum Gasteiger partial charge on any atom is 0.415 e. The van der Waals surface area contributed by atoms with Crippen LogP contribution in [-0.2, 0) is 8.92 Å². The van der Waals surface area contributed by atoms with Gasteiger partial charge in [0, 0.05) is 0 Å². The Balaban J connectivity index is 4.34. The summed E-state index contributed by atoms with van der Waals surface area (Å²) in [4.78, 5) is 0. The van der Waals surface area contributed by atoms with Crippen LogP contribution in [-0.4, -0.2) is 36.6 Å². The monoisotopic (exact) mass is 256 g/mol. The van der Waals surface area contributed by atoms with Gasteiger partial charge in [0.2, 0.25) is 0 Å². The Morgan fingerprint density at radius 1 is 0.769 bits per heavy atom. The highest BCUT2D eigenvalue weighted by atomic mass is 29.5. The van der Waals surface area contributed by atoms with Gasteiger partial charge in [0.05, 0.1) is 0 Å². The normalized spacial score (nSPS) is 12.8. The van der Waals surface area contributed by atoms with Crippen molar-refractivity contribution in [2.24, 2.45) is 0 Å². The molecular weight excluding hydrogens is 254 g/mol. The molecule has 0 aliphatic rings. The van der Waals surface area contributed by atoms with Gasteiger partial charge in [-0.1, -0.05) is 0 Å². The molecular formula is C2H2F6O2Si3. The van der Waals surface area contributed by atoms with Gasteiger partial charge in [-0.3, -0.25) is 0 Å². The number of alkyl halides is 6. The second-order valence-corrected chi connectivity index (χ2v) is 13.3. The van der Waals surface area contributed by atoms with E-state index in [1.165, 1.54) is 0 Å². The van der Waals surface area contributed by atoms with Crippen LogP contribution in [0.2, 0.25) is 0 Å². The molecule has 0 heterocycles. The second-order valence-electron chi connectivity index (χ2n) is 2.02.